The second-order valence-corrected chi connectivity index (χ2v) is 10.5. The third-order valence-corrected chi connectivity index (χ3v) is 6.60. The van der Waals surface area contributed by atoms with Gasteiger partial charge in [0.05, 0.1) is 0 Å². The molecule has 7 heteroatoms. The fraction of sp³-hybridized carbons (Fsp3) is 0.591. The Morgan fingerprint density at radius 3 is 2.31 bits per heavy atom. The standard InChI is InChI=1S/C22H34N2O4S/c1-5-6-12-19(20(23)26)24-21(27)17(13-16-10-8-7-9-11-16)14-18(25)15-29(28)22(2,3)4/h7-11,17,19H,5-6,12-15H2,1-4H3,(H2,23,26)(H,24,27). The molecule has 1 aromatic carbocycles. The van der Waals surface area contributed by atoms with Crippen molar-refractivity contribution in [2.24, 2.45) is 11.7 Å². The molecular formula is C22H34N2O4S. The van der Waals surface area contributed by atoms with E-state index in [-0.39, 0.29) is 23.9 Å². The molecule has 0 bridgehead atoms. The molecule has 0 heterocycles. The van der Waals surface area contributed by atoms with Gasteiger partial charge in [-0.05, 0) is 50.4 Å². The molecule has 2 amide bonds. The van der Waals surface area contributed by atoms with Crippen LogP contribution in [-0.4, -0.2) is 38.7 Å². The molecule has 0 fully saturated rings. The smallest absolute Gasteiger partial charge is 0.239 e. The Kier molecular flexibility index (Phi) is 10.4. The monoisotopic (exact) mass is 422 g/mol. The number of hydrogen-bond donors (Lipinski definition) is 2. The number of primary amides is 1. The SMILES string of the molecule is CCCCC(NC(=O)C(CC(=O)C[S+]([O-])C(C)(C)C)Cc1ccccc1)C(N)=O. The number of nitrogens with two attached hydrogens (primary N) is 1. The van der Waals surface area contributed by atoms with Crippen LogP contribution in [0.4, 0.5) is 0 Å². The minimum absolute atomic E-state index is 0.0260. The second-order valence-electron chi connectivity index (χ2n) is 8.34. The maximum atomic E-state index is 12.9. The van der Waals surface area contributed by atoms with Crippen molar-refractivity contribution >= 4 is 28.8 Å². The van der Waals surface area contributed by atoms with Gasteiger partial charge in [0.25, 0.3) is 0 Å². The second kappa shape index (κ2) is 12.0. The predicted octanol–water partition coefficient (Wildman–Crippen LogP) is 2.51. The number of unbranched alkanes of at least 4 members (excludes halogenated alkanes) is 1. The van der Waals surface area contributed by atoms with Crippen LogP contribution in [0.2, 0.25) is 0 Å². The Morgan fingerprint density at radius 1 is 1.17 bits per heavy atom. The summed E-state index contributed by atoms with van der Waals surface area (Å²) in [4.78, 5) is 37.1. The molecule has 1 aromatic rings. The molecule has 3 N–H and O–H groups in total. The minimum Gasteiger partial charge on any atom is -0.616 e. The normalized spacial score (nSPS) is 14.7. The molecule has 0 spiro atoms. The van der Waals surface area contributed by atoms with E-state index in [4.69, 9.17) is 5.73 Å². The zero-order valence-corrected chi connectivity index (χ0v) is 18.7. The van der Waals surface area contributed by atoms with E-state index in [1.54, 1.807) is 0 Å². The van der Waals surface area contributed by atoms with Crippen molar-refractivity contribution in [1.29, 1.82) is 0 Å². The molecule has 0 saturated carbocycles. The zero-order valence-electron chi connectivity index (χ0n) is 17.9. The van der Waals surface area contributed by atoms with E-state index in [9.17, 15) is 18.9 Å². The lowest BCUT2D eigenvalue weighted by Gasteiger charge is -2.25. The van der Waals surface area contributed by atoms with E-state index >= 15 is 0 Å². The van der Waals surface area contributed by atoms with Crippen molar-refractivity contribution in [3.8, 4) is 0 Å². The summed E-state index contributed by atoms with van der Waals surface area (Å²) in [5.74, 6) is -1.91. The van der Waals surface area contributed by atoms with Crippen LogP contribution in [0.1, 0.15) is 58.9 Å². The highest BCUT2D eigenvalue weighted by Crippen LogP contribution is 2.19. The van der Waals surface area contributed by atoms with Gasteiger partial charge in [-0.1, -0.05) is 50.1 Å². The van der Waals surface area contributed by atoms with Gasteiger partial charge >= 0.3 is 0 Å². The van der Waals surface area contributed by atoms with Crippen LogP contribution >= 0.6 is 0 Å². The lowest BCUT2D eigenvalue weighted by molar-refractivity contribution is -0.131. The lowest BCUT2D eigenvalue weighted by Crippen LogP contribution is -2.47. The first-order valence-corrected chi connectivity index (χ1v) is 11.4. The van der Waals surface area contributed by atoms with E-state index in [0.29, 0.717) is 12.8 Å². The van der Waals surface area contributed by atoms with Gasteiger partial charge in [0, 0.05) is 12.3 Å². The third kappa shape index (κ3) is 9.45. The molecule has 0 aromatic heterocycles. The highest BCUT2D eigenvalue weighted by Gasteiger charge is 2.31. The van der Waals surface area contributed by atoms with Crippen molar-refractivity contribution in [1.82, 2.24) is 5.32 Å². The van der Waals surface area contributed by atoms with Crippen LogP contribution in [0.3, 0.4) is 0 Å². The zero-order chi connectivity index (χ0) is 22.0. The van der Waals surface area contributed by atoms with Crippen molar-refractivity contribution in [3.63, 3.8) is 0 Å². The fourth-order valence-corrected chi connectivity index (χ4v) is 3.68. The van der Waals surface area contributed by atoms with Crippen LogP contribution < -0.4 is 11.1 Å². The van der Waals surface area contributed by atoms with Crippen molar-refractivity contribution in [2.45, 2.75) is 70.6 Å². The number of hydrogen-bond acceptors (Lipinski definition) is 4. The minimum atomic E-state index is -1.32. The van der Waals surface area contributed by atoms with E-state index in [0.717, 1.165) is 18.4 Å². The molecule has 0 aliphatic rings. The molecule has 0 saturated heterocycles. The summed E-state index contributed by atoms with van der Waals surface area (Å²) >= 11 is -1.32. The molecule has 0 radical (unpaired) electrons. The van der Waals surface area contributed by atoms with Crippen LogP contribution in [0, 0.1) is 5.92 Å². The van der Waals surface area contributed by atoms with Crippen LogP contribution in [-0.2, 0) is 32.0 Å². The molecule has 162 valence electrons. The summed E-state index contributed by atoms with van der Waals surface area (Å²) < 4.78 is 11.8. The Labute approximate surface area is 177 Å². The molecule has 6 nitrogen and oxygen atoms in total. The van der Waals surface area contributed by atoms with Crippen molar-refractivity contribution in [2.75, 3.05) is 5.75 Å². The van der Waals surface area contributed by atoms with Gasteiger partial charge in [0.1, 0.15) is 10.8 Å². The van der Waals surface area contributed by atoms with E-state index in [2.05, 4.69) is 5.32 Å². The van der Waals surface area contributed by atoms with Gasteiger partial charge < -0.3 is 15.6 Å². The molecule has 3 atom stereocenters. The number of benzene rings is 1. The van der Waals surface area contributed by atoms with E-state index in [1.165, 1.54) is 0 Å². The Bertz CT molecular complexity index is 673. The Morgan fingerprint density at radius 2 is 1.79 bits per heavy atom. The fourth-order valence-electron chi connectivity index (χ4n) is 2.84. The lowest BCUT2D eigenvalue weighted by atomic mass is 9.93. The average Bonchev–Trinajstić information content (AvgIpc) is 2.64. The number of carbonyl (C=O) groups excluding carboxylic acids is 3. The summed E-state index contributed by atoms with van der Waals surface area (Å²) in [6, 6.07) is 8.65. The number of nitrogens with one attached hydrogen (secondary N) is 1. The van der Waals surface area contributed by atoms with Gasteiger partial charge in [-0.2, -0.15) is 0 Å². The first-order valence-electron chi connectivity index (χ1n) is 10.1. The third-order valence-electron chi connectivity index (χ3n) is 4.65. The largest absolute Gasteiger partial charge is 0.616 e. The molecule has 1 rings (SSSR count). The van der Waals surface area contributed by atoms with Gasteiger partial charge in [-0.25, -0.2) is 0 Å². The first kappa shape index (κ1) is 25.2. The summed E-state index contributed by atoms with van der Waals surface area (Å²) in [7, 11) is 0. The number of rotatable bonds is 12. The van der Waals surface area contributed by atoms with E-state index in [1.807, 2.05) is 58.0 Å². The Hall–Kier alpha value is -1.86. The quantitative estimate of drug-likeness (QED) is 0.504. The molecule has 0 aliphatic heterocycles. The molecule has 0 aliphatic carbocycles. The molecule has 29 heavy (non-hydrogen) atoms. The molecular weight excluding hydrogens is 388 g/mol. The van der Waals surface area contributed by atoms with Crippen LogP contribution in [0.25, 0.3) is 0 Å². The highest BCUT2D eigenvalue weighted by atomic mass is 32.2. The van der Waals surface area contributed by atoms with E-state index < -0.39 is 33.8 Å². The average molecular weight is 423 g/mol. The highest BCUT2D eigenvalue weighted by molar-refractivity contribution is 7.93. The topological polar surface area (TPSA) is 112 Å². The van der Waals surface area contributed by atoms with Crippen LogP contribution in [0.5, 0.6) is 0 Å². The summed E-state index contributed by atoms with van der Waals surface area (Å²) in [5.41, 5.74) is 6.35. The van der Waals surface area contributed by atoms with Gasteiger partial charge in [-0.3, -0.25) is 14.4 Å². The number of ketones is 1. The molecule has 3 unspecified atom stereocenters. The summed E-state index contributed by atoms with van der Waals surface area (Å²) in [6.07, 6.45) is 2.45. The maximum absolute atomic E-state index is 12.9. The van der Waals surface area contributed by atoms with Gasteiger partial charge in [-0.15, -0.1) is 0 Å². The summed E-state index contributed by atoms with van der Waals surface area (Å²) in [5, 5.41) is 2.72. The van der Waals surface area contributed by atoms with Crippen molar-refractivity contribution in [3.05, 3.63) is 35.9 Å². The number of Topliss-reactive ketones (excluding diaryl/α,β-unsaturated/α-hetero) is 1. The van der Waals surface area contributed by atoms with Crippen LogP contribution in [0.15, 0.2) is 30.3 Å². The summed E-state index contributed by atoms with van der Waals surface area (Å²) in [6.45, 7) is 7.44. The van der Waals surface area contributed by atoms with Gasteiger partial charge in [0.2, 0.25) is 11.8 Å². The maximum Gasteiger partial charge on any atom is 0.239 e. The van der Waals surface area contributed by atoms with Gasteiger partial charge in [0.15, 0.2) is 11.5 Å². The Balaban J connectivity index is 2.90. The van der Waals surface area contributed by atoms with Crippen molar-refractivity contribution < 1.29 is 18.9 Å². The number of amides is 2. The predicted molar refractivity (Wildman–Crippen MR) is 117 cm³/mol. The first-order chi connectivity index (χ1) is 13.5. The number of carbonyl (C=O) groups is 3.